The van der Waals surface area contributed by atoms with Gasteiger partial charge in [0.05, 0.1) is 0 Å². The SMILES string of the molecule is c1ccc(-c2cc3ccccn3c2N2CCCCC2)cc1. The molecular weight excluding hydrogens is 256 g/mol. The average molecular weight is 276 g/mol. The van der Waals surface area contributed by atoms with Gasteiger partial charge in [-0.2, -0.15) is 0 Å². The molecule has 0 radical (unpaired) electrons. The molecule has 0 amide bonds. The highest BCUT2D eigenvalue weighted by atomic mass is 15.2. The van der Waals surface area contributed by atoms with E-state index in [9.17, 15) is 0 Å². The number of nitrogens with zero attached hydrogens (tertiary/aromatic N) is 2. The monoisotopic (exact) mass is 276 g/mol. The van der Waals surface area contributed by atoms with E-state index in [-0.39, 0.29) is 0 Å². The lowest BCUT2D eigenvalue weighted by molar-refractivity contribution is 0.573. The van der Waals surface area contributed by atoms with Crippen molar-refractivity contribution >= 4 is 11.3 Å². The van der Waals surface area contributed by atoms with Gasteiger partial charge in [0.1, 0.15) is 5.82 Å². The molecule has 1 fully saturated rings. The molecular formula is C19H20N2. The minimum atomic E-state index is 1.17. The van der Waals surface area contributed by atoms with E-state index in [0.717, 1.165) is 0 Å². The maximum absolute atomic E-state index is 2.55. The van der Waals surface area contributed by atoms with Crippen molar-refractivity contribution in [1.82, 2.24) is 4.40 Å². The van der Waals surface area contributed by atoms with E-state index in [1.54, 1.807) is 0 Å². The number of hydrogen-bond donors (Lipinski definition) is 0. The van der Waals surface area contributed by atoms with Gasteiger partial charge >= 0.3 is 0 Å². The van der Waals surface area contributed by atoms with Crippen LogP contribution < -0.4 is 4.90 Å². The molecule has 106 valence electrons. The summed E-state index contributed by atoms with van der Waals surface area (Å²) in [6.45, 7) is 2.34. The van der Waals surface area contributed by atoms with Crippen LogP contribution in [0.1, 0.15) is 19.3 Å². The fraction of sp³-hybridized carbons (Fsp3) is 0.263. The van der Waals surface area contributed by atoms with Gasteiger partial charge in [-0.1, -0.05) is 36.4 Å². The smallest absolute Gasteiger partial charge is 0.121 e. The molecule has 2 aromatic heterocycles. The minimum Gasteiger partial charge on any atom is -0.357 e. The molecule has 3 aromatic rings. The Bertz CT molecular complexity index is 737. The first-order valence-corrected chi connectivity index (χ1v) is 7.84. The number of benzene rings is 1. The fourth-order valence-corrected chi connectivity index (χ4v) is 3.37. The van der Waals surface area contributed by atoms with Crippen LogP contribution in [0.2, 0.25) is 0 Å². The van der Waals surface area contributed by atoms with Crippen LogP contribution in [0.3, 0.4) is 0 Å². The van der Waals surface area contributed by atoms with Crippen molar-refractivity contribution in [3.05, 3.63) is 60.8 Å². The molecule has 1 aromatic carbocycles. The number of rotatable bonds is 2. The van der Waals surface area contributed by atoms with Gasteiger partial charge in [-0.25, -0.2) is 0 Å². The molecule has 2 heteroatoms. The normalized spacial score (nSPS) is 15.5. The number of anilines is 1. The summed E-state index contributed by atoms with van der Waals surface area (Å²) in [5.74, 6) is 1.36. The second-order valence-corrected chi connectivity index (χ2v) is 5.79. The van der Waals surface area contributed by atoms with Crippen molar-refractivity contribution in [3.8, 4) is 11.1 Å². The average Bonchev–Trinajstić information content (AvgIpc) is 2.96. The molecule has 1 aliphatic rings. The van der Waals surface area contributed by atoms with Gasteiger partial charge in [0.2, 0.25) is 0 Å². The Kier molecular flexibility index (Phi) is 3.15. The molecule has 1 aliphatic heterocycles. The van der Waals surface area contributed by atoms with Crippen LogP contribution in [-0.2, 0) is 0 Å². The molecule has 1 saturated heterocycles. The Morgan fingerprint density at radius 2 is 1.52 bits per heavy atom. The predicted molar refractivity (Wildman–Crippen MR) is 88.9 cm³/mol. The summed E-state index contributed by atoms with van der Waals surface area (Å²) in [5.41, 5.74) is 3.93. The van der Waals surface area contributed by atoms with Crippen LogP contribution in [0.25, 0.3) is 16.6 Å². The fourth-order valence-electron chi connectivity index (χ4n) is 3.37. The van der Waals surface area contributed by atoms with E-state index in [0.29, 0.717) is 0 Å². The van der Waals surface area contributed by atoms with E-state index in [1.165, 1.54) is 54.8 Å². The maximum atomic E-state index is 2.55. The van der Waals surface area contributed by atoms with Crippen LogP contribution in [0.4, 0.5) is 5.82 Å². The molecule has 0 atom stereocenters. The van der Waals surface area contributed by atoms with Crippen LogP contribution in [0.15, 0.2) is 60.8 Å². The van der Waals surface area contributed by atoms with Gasteiger partial charge in [-0.3, -0.25) is 0 Å². The highest BCUT2D eigenvalue weighted by molar-refractivity contribution is 5.83. The summed E-state index contributed by atoms with van der Waals surface area (Å²) in [6.07, 6.45) is 6.15. The van der Waals surface area contributed by atoms with Gasteiger partial charge in [-0.15, -0.1) is 0 Å². The molecule has 0 unspecified atom stereocenters. The van der Waals surface area contributed by atoms with E-state index < -0.39 is 0 Å². The van der Waals surface area contributed by atoms with Crippen LogP contribution in [-0.4, -0.2) is 17.5 Å². The van der Waals surface area contributed by atoms with Crippen molar-refractivity contribution in [2.75, 3.05) is 18.0 Å². The Hall–Kier alpha value is -2.22. The second-order valence-electron chi connectivity index (χ2n) is 5.79. The van der Waals surface area contributed by atoms with Crippen molar-refractivity contribution < 1.29 is 0 Å². The first-order valence-electron chi connectivity index (χ1n) is 7.84. The van der Waals surface area contributed by atoms with Crippen molar-refractivity contribution in [2.24, 2.45) is 0 Å². The van der Waals surface area contributed by atoms with Crippen LogP contribution in [0.5, 0.6) is 0 Å². The van der Waals surface area contributed by atoms with Crippen LogP contribution in [0, 0.1) is 0 Å². The van der Waals surface area contributed by atoms with Gasteiger partial charge in [0.15, 0.2) is 0 Å². The van der Waals surface area contributed by atoms with E-state index in [2.05, 4.69) is 70.1 Å². The standard InChI is InChI=1S/C19H20N2/c1-3-9-16(10-4-1)18-15-17-11-5-8-14-21(17)19(18)20-12-6-2-7-13-20/h1,3-5,8-11,14-15H,2,6-7,12-13H2. The van der Waals surface area contributed by atoms with E-state index in [1.807, 2.05) is 0 Å². The predicted octanol–water partition coefficient (Wildman–Crippen LogP) is 4.60. The maximum Gasteiger partial charge on any atom is 0.121 e. The number of aromatic nitrogens is 1. The Morgan fingerprint density at radius 3 is 2.33 bits per heavy atom. The lowest BCUT2D eigenvalue weighted by Gasteiger charge is -2.29. The molecule has 4 rings (SSSR count). The van der Waals surface area contributed by atoms with Gasteiger partial charge in [0.25, 0.3) is 0 Å². The summed E-state index contributed by atoms with van der Waals surface area (Å²) < 4.78 is 2.34. The minimum absolute atomic E-state index is 1.17. The van der Waals surface area contributed by atoms with Gasteiger partial charge in [-0.05, 0) is 43.0 Å². The molecule has 0 saturated carbocycles. The highest BCUT2D eigenvalue weighted by Gasteiger charge is 2.19. The van der Waals surface area contributed by atoms with Crippen LogP contribution >= 0.6 is 0 Å². The molecule has 0 N–H and O–H groups in total. The molecule has 2 nitrogen and oxygen atoms in total. The summed E-state index contributed by atoms with van der Waals surface area (Å²) >= 11 is 0. The zero-order chi connectivity index (χ0) is 14.1. The third kappa shape index (κ3) is 2.21. The highest BCUT2D eigenvalue weighted by Crippen LogP contribution is 2.35. The third-order valence-electron chi connectivity index (χ3n) is 4.39. The number of piperidine rings is 1. The molecule has 0 spiro atoms. The van der Waals surface area contributed by atoms with Gasteiger partial charge < -0.3 is 9.30 Å². The number of pyridine rings is 1. The van der Waals surface area contributed by atoms with E-state index in [4.69, 9.17) is 0 Å². The van der Waals surface area contributed by atoms with Gasteiger partial charge in [0, 0.05) is 30.4 Å². The molecule has 3 heterocycles. The first-order chi connectivity index (χ1) is 10.4. The molecule has 21 heavy (non-hydrogen) atoms. The third-order valence-corrected chi connectivity index (χ3v) is 4.39. The largest absolute Gasteiger partial charge is 0.357 e. The molecule has 0 aliphatic carbocycles. The van der Waals surface area contributed by atoms with Crippen molar-refractivity contribution in [2.45, 2.75) is 19.3 Å². The topological polar surface area (TPSA) is 7.65 Å². The zero-order valence-corrected chi connectivity index (χ0v) is 12.2. The Labute approximate surface area is 125 Å². The Morgan fingerprint density at radius 1 is 0.762 bits per heavy atom. The quantitative estimate of drug-likeness (QED) is 0.664. The number of fused-ring (bicyclic) bond motifs is 1. The summed E-state index contributed by atoms with van der Waals surface area (Å²) in [6, 6.07) is 19.5. The lowest BCUT2D eigenvalue weighted by Crippen LogP contribution is -2.30. The van der Waals surface area contributed by atoms with Crippen molar-refractivity contribution in [3.63, 3.8) is 0 Å². The summed E-state index contributed by atoms with van der Waals surface area (Å²) in [7, 11) is 0. The zero-order valence-electron chi connectivity index (χ0n) is 12.2. The van der Waals surface area contributed by atoms with Crippen molar-refractivity contribution in [1.29, 1.82) is 0 Å². The summed E-state index contributed by atoms with van der Waals surface area (Å²) in [4.78, 5) is 2.55. The Balaban J connectivity index is 1.92. The van der Waals surface area contributed by atoms with E-state index >= 15 is 0 Å². The lowest BCUT2D eigenvalue weighted by atomic mass is 10.1. The molecule has 0 bridgehead atoms. The first kappa shape index (κ1) is 12.5. The number of hydrogen-bond acceptors (Lipinski definition) is 1. The second kappa shape index (κ2) is 5.28. The summed E-state index contributed by atoms with van der Waals surface area (Å²) in [5, 5.41) is 0.